The number of amides is 2. The Morgan fingerprint density at radius 1 is 1.58 bits per heavy atom. The maximum atomic E-state index is 12.1. The summed E-state index contributed by atoms with van der Waals surface area (Å²) in [6.07, 6.45) is -0.695. The molecule has 6 nitrogen and oxygen atoms in total. The number of rotatable bonds is 3. The first-order valence-corrected chi connectivity index (χ1v) is 6.88. The second kappa shape index (κ2) is 5.58. The second-order valence-electron chi connectivity index (χ2n) is 4.58. The van der Waals surface area contributed by atoms with E-state index in [9.17, 15) is 14.7 Å². The fraction of sp³-hybridized carbons (Fsp3) is 0.500. The Bertz CT molecular complexity index is 462. The first-order chi connectivity index (χ1) is 8.99. The summed E-state index contributed by atoms with van der Waals surface area (Å²) in [6, 6.07) is 2.21. The predicted octanol–water partition coefficient (Wildman–Crippen LogP) is 1.04. The molecule has 2 rings (SSSR count). The van der Waals surface area contributed by atoms with Crippen molar-refractivity contribution in [1.29, 1.82) is 0 Å². The molecule has 0 radical (unpaired) electrons. The van der Waals surface area contributed by atoms with E-state index in [0.717, 1.165) is 4.88 Å². The minimum absolute atomic E-state index is 0.0555. The molecule has 2 heterocycles. The van der Waals surface area contributed by atoms with E-state index >= 15 is 0 Å². The van der Waals surface area contributed by atoms with Crippen LogP contribution in [-0.2, 0) is 4.79 Å². The van der Waals surface area contributed by atoms with Gasteiger partial charge < -0.3 is 20.4 Å². The number of likely N-dealkylation sites (tertiary alicyclic amines) is 1. The average Bonchev–Trinajstić information content (AvgIpc) is 2.96. The fourth-order valence-electron chi connectivity index (χ4n) is 2.15. The zero-order valence-electron chi connectivity index (χ0n) is 10.4. The Kier molecular flexibility index (Phi) is 4.06. The molecular weight excluding hydrogens is 268 g/mol. The quantitative estimate of drug-likeness (QED) is 0.773. The first-order valence-electron chi connectivity index (χ1n) is 6.00. The molecule has 0 aromatic carbocycles. The summed E-state index contributed by atoms with van der Waals surface area (Å²) in [6.45, 7) is 1.89. The summed E-state index contributed by atoms with van der Waals surface area (Å²) in [5.74, 6) is -1.09. The summed E-state index contributed by atoms with van der Waals surface area (Å²) < 4.78 is 0. The molecule has 104 valence electrons. The molecule has 0 spiro atoms. The normalized spacial score (nSPS) is 24.2. The molecule has 3 unspecified atom stereocenters. The lowest BCUT2D eigenvalue weighted by atomic mass is 10.2. The van der Waals surface area contributed by atoms with Gasteiger partial charge in [-0.3, -0.25) is 0 Å². The Morgan fingerprint density at radius 3 is 2.89 bits per heavy atom. The minimum Gasteiger partial charge on any atom is -0.480 e. The van der Waals surface area contributed by atoms with Crippen molar-refractivity contribution in [2.24, 2.45) is 0 Å². The molecule has 0 aliphatic carbocycles. The Hall–Kier alpha value is -1.60. The fourth-order valence-corrected chi connectivity index (χ4v) is 2.88. The highest BCUT2D eigenvalue weighted by Crippen LogP contribution is 2.21. The number of urea groups is 1. The van der Waals surface area contributed by atoms with E-state index in [1.54, 1.807) is 0 Å². The lowest BCUT2D eigenvalue weighted by Crippen LogP contribution is -2.46. The molecule has 1 saturated heterocycles. The van der Waals surface area contributed by atoms with Gasteiger partial charge in [0.2, 0.25) is 0 Å². The molecule has 3 N–H and O–H groups in total. The van der Waals surface area contributed by atoms with E-state index in [0.29, 0.717) is 0 Å². The maximum absolute atomic E-state index is 12.1. The highest BCUT2D eigenvalue weighted by Gasteiger charge is 2.39. The van der Waals surface area contributed by atoms with Crippen LogP contribution in [0.4, 0.5) is 4.79 Å². The Balaban J connectivity index is 2.01. The summed E-state index contributed by atoms with van der Waals surface area (Å²) in [7, 11) is 0. The highest BCUT2D eigenvalue weighted by molar-refractivity contribution is 7.10. The molecule has 1 fully saturated rings. The molecule has 0 saturated carbocycles. The smallest absolute Gasteiger partial charge is 0.326 e. The van der Waals surface area contributed by atoms with Crippen molar-refractivity contribution in [2.45, 2.75) is 31.5 Å². The van der Waals surface area contributed by atoms with Gasteiger partial charge in [-0.05, 0) is 18.4 Å². The number of nitrogens with zero attached hydrogens (tertiary/aromatic N) is 1. The van der Waals surface area contributed by atoms with Crippen LogP contribution in [0.1, 0.15) is 24.3 Å². The van der Waals surface area contributed by atoms with Gasteiger partial charge in [-0.15, -0.1) is 11.3 Å². The largest absolute Gasteiger partial charge is 0.480 e. The number of aliphatic hydroxyl groups is 1. The van der Waals surface area contributed by atoms with Crippen LogP contribution in [0.25, 0.3) is 0 Å². The highest BCUT2D eigenvalue weighted by atomic mass is 32.1. The first kappa shape index (κ1) is 13.8. The summed E-state index contributed by atoms with van der Waals surface area (Å²) in [5.41, 5.74) is 0. The monoisotopic (exact) mass is 284 g/mol. The third-order valence-electron chi connectivity index (χ3n) is 3.13. The van der Waals surface area contributed by atoms with Crippen molar-refractivity contribution in [2.75, 3.05) is 6.54 Å². The number of nitrogens with one attached hydrogen (secondary N) is 1. The molecular formula is C12H16N2O4S. The van der Waals surface area contributed by atoms with Crippen LogP contribution in [0, 0.1) is 0 Å². The number of carbonyl (C=O) groups excluding carboxylic acids is 1. The Morgan fingerprint density at radius 2 is 2.32 bits per heavy atom. The SMILES string of the molecule is CC(NC(=O)N1CC(O)CC1C(=O)O)c1cccs1. The van der Waals surface area contributed by atoms with Crippen LogP contribution in [0.5, 0.6) is 0 Å². The lowest BCUT2D eigenvalue weighted by Gasteiger charge is -2.23. The van der Waals surface area contributed by atoms with Crippen molar-refractivity contribution < 1.29 is 19.8 Å². The van der Waals surface area contributed by atoms with Gasteiger partial charge in [-0.25, -0.2) is 9.59 Å². The summed E-state index contributed by atoms with van der Waals surface area (Å²) in [4.78, 5) is 25.3. The molecule has 1 aliphatic heterocycles. The van der Waals surface area contributed by atoms with Gasteiger partial charge in [0.1, 0.15) is 6.04 Å². The van der Waals surface area contributed by atoms with Gasteiger partial charge in [0.25, 0.3) is 0 Å². The van der Waals surface area contributed by atoms with E-state index in [4.69, 9.17) is 5.11 Å². The van der Waals surface area contributed by atoms with E-state index in [2.05, 4.69) is 5.32 Å². The van der Waals surface area contributed by atoms with Crippen LogP contribution in [0.15, 0.2) is 17.5 Å². The van der Waals surface area contributed by atoms with Crippen molar-refractivity contribution in [3.05, 3.63) is 22.4 Å². The van der Waals surface area contributed by atoms with E-state index in [-0.39, 0.29) is 19.0 Å². The third-order valence-corrected chi connectivity index (χ3v) is 4.19. The van der Waals surface area contributed by atoms with Crippen molar-refractivity contribution in [3.63, 3.8) is 0 Å². The molecule has 7 heteroatoms. The van der Waals surface area contributed by atoms with Crippen LogP contribution >= 0.6 is 11.3 Å². The maximum Gasteiger partial charge on any atom is 0.326 e. The zero-order valence-corrected chi connectivity index (χ0v) is 11.3. The van der Waals surface area contributed by atoms with E-state index in [1.807, 2.05) is 24.4 Å². The van der Waals surface area contributed by atoms with E-state index < -0.39 is 24.1 Å². The van der Waals surface area contributed by atoms with E-state index in [1.165, 1.54) is 16.2 Å². The number of aliphatic carboxylic acids is 1. The van der Waals surface area contributed by atoms with Crippen LogP contribution in [0.2, 0.25) is 0 Å². The predicted molar refractivity (Wildman–Crippen MR) is 70.0 cm³/mol. The molecule has 1 aromatic heterocycles. The molecule has 1 aromatic rings. The third kappa shape index (κ3) is 3.05. The van der Waals surface area contributed by atoms with Crippen LogP contribution in [-0.4, -0.2) is 45.8 Å². The minimum atomic E-state index is -1.09. The van der Waals surface area contributed by atoms with Gasteiger partial charge in [-0.2, -0.15) is 0 Å². The second-order valence-corrected chi connectivity index (χ2v) is 5.56. The molecule has 0 bridgehead atoms. The Labute approximate surface area is 114 Å². The van der Waals surface area contributed by atoms with Crippen LogP contribution < -0.4 is 5.32 Å². The molecule has 19 heavy (non-hydrogen) atoms. The lowest BCUT2D eigenvalue weighted by molar-refractivity contribution is -0.141. The molecule has 2 amide bonds. The number of thiophene rings is 1. The van der Waals surface area contributed by atoms with Gasteiger partial charge in [-0.1, -0.05) is 6.07 Å². The van der Waals surface area contributed by atoms with Crippen molar-refractivity contribution in [3.8, 4) is 0 Å². The molecule has 1 aliphatic rings. The van der Waals surface area contributed by atoms with Gasteiger partial charge >= 0.3 is 12.0 Å². The van der Waals surface area contributed by atoms with Gasteiger partial charge in [0.15, 0.2) is 0 Å². The van der Waals surface area contributed by atoms with Crippen molar-refractivity contribution >= 4 is 23.3 Å². The number of β-amino-alcohol motifs (C(OH)–C–C–N with tert-alkyl or cyclic N) is 1. The number of carboxylic acids is 1. The topological polar surface area (TPSA) is 89.9 Å². The number of hydrogen-bond acceptors (Lipinski definition) is 4. The zero-order chi connectivity index (χ0) is 14.0. The van der Waals surface area contributed by atoms with Crippen molar-refractivity contribution in [1.82, 2.24) is 10.2 Å². The number of carboxylic acid groups (broad SMARTS) is 1. The molecule has 3 atom stereocenters. The summed E-state index contributed by atoms with van der Waals surface area (Å²) in [5, 5.41) is 23.2. The number of aliphatic hydroxyl groups excluding tert-OH is 1. The number of hydrogen-bond donors (Lipinski definition) is 3. The van der Waals surface area contributed by atoms with Gasteiger partial charge in [0, 0.05) is 17.8 Å². The van der Waals surface area contributed by atoms with Gasteiger partial charge in [0.05, 0.1) is 12.1 Å². The standard InChI is InChI=1S/C12H16N2O4S/c1-7(10-3-2-4-19-10)13-12(18)14-6-8(15)5-9(14)11(16)17/h2-4,7-9,15H,5-6H2,1H3,(H,13,18)(H,16,17). The van der Waals surface area contributed by atoms with Crippen LogP contribution in [0.3, 0.4) is 0 Å². The number of carbonyl (C=O) groups is 2. The average molecular weight is 284 g/mol. The summed E-state index contributed by atoms with van der Waals surface area (Å²) >= 11 is 1.52.